The first-order valence-electron chi connectivity index (χ1n) is 6.96. The van der Waals surface area contributed by atoms with E-state index < -0.39 is 0 Å². The van der Waals surface area contributed by atoms with Gasteiger partial charge in [-0.3, -0.25) is 4.90 Å². The highest BCUT2D eigenvalue weighted by molar-refractivity contribution is 5.14. The molecule has 3 heteroatoms. The SMILES string of the molecule is CC(CN)CN1CCN(Cc2ccccc2)CC1. The summed E-state index contributed by atoms with van der Waals surface area (Å²) in [5.74, 6) is 0.616. The molecule has 1 aliphatic rings. The molecule has 0 amide bonds. The van der Waals surface area contributed by atoms with E-state index in [4.69, 9.17) is 5.73 Å². The molecule has 1 heterocycles. The Hall–Kier alpha value is -0.900. The summed E-state index contributed by atoms with van der Waals surface area (Å²) in [5.41, 5.74) is 7.10. The second kappa shape index (κ2) is 6.88. The van der Waals surface area contributed by atoms with Crippen molar-refractivity contribution in [2.24, 2.45) is 11.7 Å². The van der Waals surface area contributed by atoms with E-state index in [1.165, 1.54) is 31.7 Å². The normalized spacial score (nSPS) is 19.9. The Bertz CT molecular complexity index is 331. The number of piperazine rings is 1. The van der Waals surface area contributed by atoms with Crippen molar-refractivity contribution in [3.63, 3.8) is 0 Å². The van der Waals surface area contributed by atoms with Crippen molar-refractivity contribution in [3.05, 3.63) is 35.9 Å². The Morgan fingerprint density at radius 3 is 2.28 bits per heavy atom. The molecule has 1 aliphatic heterocycles. The molecule has 1 aromatic rings. The van der Waals surface area contributed by atoms with E-state index in [-0.39, 0.29) is 0 Å². The van der Waals surface area contributed by atoms with Crippen LogP contribution in [0.25, 0.3) is 0 Å². The third-order valence-corrected chi connectivity index (χ3v) is 3.69. The van der Waals surface area contributed by atoms with Gasteiger partial charge in [-0.05, 0) is 18.0 Å². The molecule has 2 N–H and O–H groups in total. The smallest absolute Gasteiger partial charge is 0.0234 e. The molecule has 0 radical (unpaired) electrons. The lowest BCUT2D eigenvalue weighted by molar-refractivity contribution is 0.116. The molecule has 18 heavy (non-hydrogen) atoms. The number of nitrogens with two attached hydrogens (primary N) is 1. The zero-order chi connectivity index (χ0) is 12.8. The van der Waals surface area contributed by atoms with Crippen LogP contribution < -0.4 is 5.73 Å². The van der Waals surface area contributed by atoms with Crippen LogP contribution in [0.4, 0.5) is 0 Å². The highest BCUT2D eigenvalue weighted by Gasteiger charge is 2.17. The topological polar surface area (TPSA) is 32.5 Å². The van der Waals surface area contributed by atoms with E-state index in [0.29, 0.717) is 5.92 Å². The predicted molar refractivity (Wildman–Crippen MR) is 76.4 cm³/mol. The third kappa shape index (κ3) is 4.09. The first-order chi connectivity index (χ1) is 8.78. The second-order valence-electron chi connectivity index (χ2n) is 5.40. The van der Waals surface area contributed by atoms with Crippen LogP contribution in [0.3, 0.4) is 0 Å². The number of nitrogens with zero attached hydrogens (tertiary/aromatic N) is 2. The summed E-state index contributed by atoms with van der Waals surface area (Å²) in [5, 5.41) is 0. The fourth-order valence-electron chi connectivity index (χ4n) is 2.49. The zero-order valence-corrected chi connectivity index (χ0v) is 11.4. The van der Waals surface area contributed by atoms with Gasteiger partial charge in [-0.25, -0.2) is 0 Å². The van der Waals surface area contributed by atoms with E-state index in [1.807, 2.05) is 0 Å². The maximum atomic E-state index is 5.68. The highest BCUT2D eigenvalue weighted by atomic mass is 15.3. The molecule has 0 bridgehead atoms. The van der Waals surface area contributed by atoms with Gasteiger partial charge >= 0.3 is 0 Å². The molecule has 1 fully saturated rings. The van der Waals surface area contributed by atoms with Gasteiger partial charge < -0.3 is 10.6 Å². The van der Waals surface area contributed by atoms with E-state index in [2.05, 4.69) is 47.1 Å². The van der Waals surface area contributed by atoms with Crippen molar-refractivity contribution < 1.29 is 0 Å². The van der Waals surface area contributed by atoms with Gasteiger partial charge in [0.15, 0.2) is 0 Å². The molecule has 2 rings (SSSR count). The molecule has 0 saturated carbocycles. The van der Waals surface area contributed by atoms with Crippen molar-refractivity contribution in [2.45, 2.75) is 13.5 Å². The van der Waals surface area contributed by atoms with Gasteiger partial charge in [0, 0.05) is 39.3 Å². The lowest BCUT2D eigenvalue weighted by Gasteiger charge is -2.35. The molecule has 3 nitrogen and oxygen atoms in total. The van der Waals surface area contributed by atoms with E-state index in [0.717, 1.165) is 19.6 Å². The van der Waals surface area contributed by atoms with Crippen LogP contribution in [0.1, 0.15) is 12.5 Å². The number of hydrogen-bond donors (Lipinski definition) is 1. The van der Waals surface area contributed by atoms with Crippen LogP contribution in [0, 0.1) is 5.92 Å². The van der Waals surface area contributed by atoms with Gasteiger partial charge in [0.25, 0.3) is 0 Å². The van der Waals surface area contributed by atoms with Crippen molar-refractivity contribution in [3.8, 4) is 0 Å². The summed E-state index contributed by atoms with van der Waals surface area (Å²) in [7, 11) is 0. The monoisotopic (exact) mass is 247 g/mol. The quantitative estimate of drug-likeness (QED) is 0.853. The second-order valence-corrected chi connectivity index (χ2v) is 5.40. The molecular formula is C15H25N3. The summed E-state index contributed by atoms with van der Waals surface area (Å²) in [4.78, 5) is 5.08. The summed E-state index contributed by atoms with van der Waals surface area (Å²) in [6, 6.07) is 10.7. The van der Waals surface area contributed by atoms with Crippen LogP contribution >= 0.6 is 0 Å². The van der Waals surface area contributed by atoms with Crippen LogP contribution in [0.15, 0.2) is 30.3 Å². The summed E-state index contributed by atoms with van der Waals surface area (Å²) in [6.45, 7) is 9.96. The third-order valence-electron chi connectivity index (χ3n) is 3.69. The maximum Gasteiger partial charge on any atom is 0.0234 e. The summed E-state index contributed by atoms with van der Waals surface area (Å²) >= 11 is 0. The Labute approximate surface area is 111 Å². The Kier molecular flexibility index (Phi) is 5.17. The van der Waals surface area contributed by atoms with Crippen molar-refractivity contribution in [1.82, 2.24) is 9.80 Å². The summed E-state index contributed by atoms with van der Waals surface area (Å²) < 4.78 is 0. The van der Waals surface area contributed by atoms with Crippen LogP contribution in [0.5, 0.6) is 0 Å². The molecule has 1 aromatic carbocycles. The molecule has 0 aliphatic carbocycles. The van der Waals surface area contributed by atoms with Crippen molar-refractivity contribution in [2.75, 3.05) is 39.3 Å². The molecule has 0 spiro atoms. The predicted octanol–water partition coefficient (Wildman–Crippen LogP) is 1.40. The lowest BCUT2D eigenvalue weighted by atomic mass is 10.1. The zero-order valence-electron chi connectivity index (χ0n) is 11.4. The van der Waals surface area contributed by atoms with Crippen LogP contribution in [-0.4, -0.2) is 49.1 Å². The average Bonchev–Trinajstić information content (AvgIpc) is 2.42. The van der Waals surface area contributed by atoms with Gasteiger partial charge in [-0.1, -0.05) is 37.3 Å². The maximum absolute atomic E-state index is 5.68. The highest BCUT2D eigenvalue weighted by Crippen LogP contribution is 2.09. The molecule has 100 valence electrons. The molecule has 0 aromatic heterocycles. The van der Waals surface area contributed by atoms with Gasteiger partial charge in [0.2, 0.25) is 0 Å². The summed E-state index contributed by atoms with van der Waals surface area (Å²) in [6.07, 6.45) is 0. The Balaban J connectivity index is 1.73. The van der Waals surface area contributed by atoms with Gasteiger partial charge in [0.1, 0.15) is 0 Å². The molecule has 1 atom stereocenters. The van der Waals surface area contributed by atoms with Crippen molar-refractivity contribution >= 4 is 0 Å². The first kappa shape index (κ1) is 13.5. The lowest BCUT2D eigenvalue weighted by Crippen LogP contribution is -2.47. The Morgan fingerprint density at radius 2 is 1.67 bits per heavy atom. The minimum absolute atomic E-state index is 0.616. The number of rotatable bonds is 5. The fourth-order valence-corrected chi connectivity index (χ4v) is 2.49. The Morgan fingerprint density at radius 1 is 1.06 bits per heavy atom. The first-order valence-corrected chi connectivity index (χ1v) is 6.96. The minimum atomic E-state index is 0.616. The number of hydrogen-bond acceptors (Lipinski definition) is 3. The van der Waals surface area contributed by atoms with Gasteiger partial charge in [0.05, 0.1) is 0 Å². The largest absolute Gasteiger partial charge is 0.330 e. The van der Waals surface area contributed by atoms with Gasteiger partial charge in [-0.15, -0.1) is 0 Å². The molecule has 1 saturated heterocycles. The van der Waals surface area contributed by atoms with Crippen LogP contribution in [-0.2, 0) is 6.54 Å². The molecular weight excluding hydrogens is 222 g/mol. The fraction of sp³-hybridized carbons (Fsp3) is 0.600. The minimum Gasteiger partial charge on any atom is -0.330 e. The standard InChI is InChI=1S/C15H25N3/c1-14(11-16)12-17-7-9-18(10-8-17)13-15-5-3-2-4-6-15/h2-6,14H,7-13,16H2,1H3. The van der Waals surface area contributed by atoms with E-state index in [1.54, 1.807) is 0 Å². The van der Waals surface area contributed by atoms with Crippen LogP contribution in [0.2, 0.25) is 0 Å². The molecule has 1 unspecified atom stereocenters. The van der Waals surface area contributed by atoms with Gasteiger partial charge in [-0.2, -0.15) is 0 Å². The average molecular weight is 247 g/mol. The van der Waals surface area contributed by atoms with E-state index >= 15 is 0 Å². The number of benzene rings is 1. The van der Waals surface area contributed by atoms with E-state index in [9.17, 15) is 0 Å². The van der Waals surface area contributed by atoms with Crippen molar-refractivity contribution in [1.29, 1.82) is 0 Å².